The van der Waals surface area contributed by atoms with Crippen LogP contribution in [0.25, 0.3) is 0 Å². The number of nitrogens with two attached hydrogens (primary N) is 1. The Hall–Kier alpha value is -0.330. The third kappa shape index (κ3) is 5.22. The zero-order valence-electron chi connectivity index (χ0n) is 11.9. The van der Waals surface area contributed by atoms with Gasteiger partial charge in [-0.1, -0.05) is 31.5 Å². The summed E-state index contributed by atoms with van der Waals surface area (Å²) in [6, 6.07) is 6.27. The van der Waals surface area contributed by atoms with Gasteiger partial charge in [0.15, 0.2) is 0 Å². The molecular formula is C13H22Cl2N2O2S. The molecule has 0 saturated heterocycles. The third-order valence-electron chi connectivity index (χ3n) is 3.14. The molecule has 0 aliphatic carbocycles. The van der Waals surface area contributed by atoms with Gasteiger partial charge < -0.3 is 5.73 Å². The fraction of sp³-hybridized carbons (Fsp3) is 0.538. The van der Waals surface area contributed by atoms with Crippen molar-refractivity contribution in [3.63, 3.8) is 0 Å². The van der Waals surface area contributed by atoms with Gasteiger partial charge in [-0.15, -0.1) is 12.4 Å². The molecule has 7 heteroatoms. The average molecular weight is 341 g/mol. The summed E-state index contributed by atoms with van der Waals surface area (Å²) in [6.45, 7) is 4.44. The van der Waals surface area contributed by atoms with E-state index in [0.29, 0.717) is 23.9 Å². The van der Waals surface area contributed by atoms with Gasteiger partial charge in [0.1, 0.15) is 0 Å². The van der Waals surface area contributed by atoms with E-state index in [0.717, 1.165) is 0 Å². The summed E-state index contributed by atoms with van der Waals surface area (Å²) in [6.07, 6.45) is 0.633. The smallest absolute Gasteiger partial charge is 0.242 e. The molecule has 116 valence electrons. The van der Waals surface area contributed by atoms with E-state index in [4.69, 9.17) is 17.3 Å². The molecule has 0 spiro atoms. The Labute approximate surface area is 132 Å². The van der Waals surface area contributed by atoms with E-state index in [1.54, 1.807) is 25.2 Å². The Bertz CT molecular complexity index is 521. The van der Waals surface area contributed by atoms with E-state index >= 15 is 0 Å². The van der Waals surface area contributed by atoms with Crippen LogP contribution in [0.4, 0.5) is 0 Å². The molecule has 1 aromatic rings. The number of nitrogens with zero attached hydrogens (tertiary/aromatic N) is 1. The molecule has 0 heterocycles. The lowest BCUT2D eigenvalue weighted by atomic mass is 10.0. The van der Waals surface area contributed by atoms with Gasteiger partial charge >= 0.3 is 0 Å². The second-order valence-corrected chi connectivity index (χ2v) is 7.46. The van der Waals surface area contributed by atoms with Crippen LogP contribution in [0.15, 0.2) is 29.2 Å². The predicted octanol–water partition coefficient (Wildman–Crippen LogP) is 2.76. The molecule has 1 rings (SSSR count). The first-order valence-corrected chi connectivity index (χ1v) is 8.04. The van der Waals surface area contributed by atoms with Crippen molar-refractivity contribution in [3.8, 4) is 0 Å². The summed E-state index contributed by atoms with van der Waals surface area (Å²) >= 11 is 5.82. The second-order valence-electron chi connectivity index (χ2n) is 4.98. The predicted molar refractivity (Wildman–Crippen MR) is 85.9 cm³/mol. The Morgan fingerprint density at radius 3 is 2.45 bits per heavy atom. The average Bonchev–Trinajstić information content (AvgIpc) is 2.35. The van der Waals surface area contributed by atoms with Crippen molar-refractivity contribution >= 4 is 34.0 Å². The standard InChI is InChI=1S/C13H21ClN2O2S.ClH/c1-10(2)13(15)7-8-16(3)19(17,18)12-6-4-5-11(14)9-12;/h4-6,9-10,13H,7-8,15H2,1-3H3;1H. The van der Waals surface area contributed by atoms with E-state index in [-0.39, 0.29) is 23.3 Å². The van der Waals surface area contributed by atoms with Crippen molar-refractivity contribution in [1.29, 1.82) is 0 Å². The second kappa shape index (κ2) is 8.20. The first kappa shape index (κ1) is 19.7. The van der Waals surface area contributed by atoms with E-state index in [9.17, 15) is 8.42 Å². The lowest BCUT2D eigenvalue weighted by molar-refractivity contribution is 0.397. The highest BCUT2D eigenvalue weighted by atomic mass is 35.5. The topological polar surface area (TPSA) is 63.4 Å². The summed E-state index contributed by atoms with van der Waals surface area (Å²) in [4.78, 5) is 0.209. The Morgan fingerprint density at radius 2 is 1.95 bits per heavy atom. The number of benzene rings is 1. The number of rotatable bonds is 6. The van der Waals surface area contributed by atoms with Gasteiger partial charge in [-0.05, 0) is 30.5 Å². The van der Waals surface area contributed by atoms with E-state index in [1.165, 1.54) is 10.4 Å². The van der Waals surface area contributed by atoms with Gasteiger partial charge in [-0.3, -0.25) is 0 Å². The van der Waals surface area contributed by atoms with Crippen molar-refractivity contribution in [2.45, 2.75) is 31.2 Å². The molecule has 0 aromatic heterocycles. The first-order chi connectivity index (χ1) is 8.75. The summed E-state index contributed by atoms with van der Waals surface area (Å²) in [5, 5.41) is 0.411. The minimum absolute atomic E-state index is 0. The zero-order chi connectivity index (χ0) is 14.6. The van der Waals surface area contributed by atoms with Crippen LogP contribution in [0.3, 0.4) is 0 Å². The van der Waals surface area contributed by atoms with Crippen molar-refractivity contribution < 1.29 is 8.42 Å². The quantitative estimate of drug-likeness (QED) is 0.865. The minimum atomic E-state index is -3.49. The Kier molecular flexibility index (Phi) is 8.06. The summed E-state index contributed by atoms with van der Waals surface area (Å²) in [7, 11) is -1.93. The van der Waals surface area contributed by atoms with Gasteiger partial charge in [0.25, 0.3) is 0 Å². The number of hydrogen-bond acceptors (Lipinski definition) is 3. The van der Waals surface area contributed by atoms with E-state index in [1.807, 2.05) is 13.8 Å². The van der Waals surface area contributed by atoms with Crippen molar-refractivity contribution in [2.75, 3.05) is 13.6 Å². The molecule has 1 aromatic carbocycles. The van der Waals surface area contributed by atoms with Crippen LogP contribution in [0.1, 0.15) is 20.3 Å². The maximum absolute atomic E-state index is 12.3. The van der Waals surface area contributed by atoms with Crippen LogP contribution in [-0.4, -0.2) is 32.4 Å². The zero-order valence-corrected chi connectivity index (χ0v) is 14.3. The highest BCUT2D eigenvalue weighted by Crippen LogP contribution is 2.19. The van der Waals surface area contributed by atoms with Crippen LogP contribution in [0.2, 0.25) is 5.02 Å². The Morgan fingerprint density at radius 1 is 1.35 bits per heavy atom. The first-order valence-electron chi connectivity index (χ1n) is 6.22. The molecular weight excluding hydrogens is 319 g/mol. The molecule has 0 aliphatic heterocycles. The summed E-state index contributed by atoms with van der Waals surface area (Å²) in [5.74, 6) is 0.335. The largest absolute Gasteiger partial charge is 0.327 e. The molecule has 4 nitrogen and oxygen atoms in total. The van der Waals surface area contributed by atoms with E-state index in [2.05, 4.69) is 0 Å². The third-order valence-corrected chi connectivity index (χ3v) is 5.23. The number of sulfonamides is 1. The maximum atomic E-state index is 12.3. The van der Waals surface area contributed by atoms with Crippen LogP contribution in [-0.2, 0) is 10.0 Å². The molecule has 0 radical (unpaired) electrons. The molecule has 20 heavy (non-hydrogen) atoms. The van der Waals surface area contributed by atoms with Gasteiger partial charge in [0.05, 0.1) is 4.90 Å². The molecule has 0 aliphatic rings. The van der Waals surface area contributed by atoms with Crippen LogP contribution < -0.4 is 5.73 Å². The number of halogens is 2. The highest BCUT2D eigenvalue weighted by molar-refractivity contribution is 7.89. The molecule has 1 atom stereocenters. The lowest BCUT2D eigenvalue weighted by Crippen LogP contribution is -2.34. The molecule has 0 saturated carbocycles. The van der Waals surface area contributed by atoms with Gasteiger partial charge in [-0.25, -0.2) is 12.7 Å². The van der Waals surface area contributed by atoms with Crippen molar-refractivity contribution in [1.82, 2.24) is 4.31 Å². The monoisotopic (exact) mass is 340 g/mol. The maximum Gasteiger partial charge on any atom is 0.242 e. The number of hydrogen-bond donors (Lipinski definition) is 1. The molecule has 2 N–H and O–H groups in total. The van der Waals surface area contributed by atoms with Crippen molar-refractivity contribution in [3.05, 3.63) is 29.3 Å². The molecule has 0 amide bonds. The van der Waals surface area contributed by atoms with Crippen molar-refractivity contribution in [2.24, 2.45) is 11.7 Å². The summed E-state index contributed by atoms with van der Waals surface area (Å²) < 4.78 is 25.9. The van der Waals surface area contributed by atoms with Gasteiger partial charge in [-0.2, -0.15) is 0 Å². The molecule has 0 fully saturated rings. The summed E-state index contributed by atoms with van der Waals surface area (Å²) in [5.41, 5.74) is 5.93. The van der Waals surface area contributed by atoms with Gasteiger partial charge in [0, 0.05) is 24.7 Å². The van der Waals surface area contributed by atoms with Crippen LogP contribution >= 0.6 is 24.0 Å². The van der Waals surface area contributed by atoms with Crippen LogP contribution in [0, 0.1) is 5.92 Å². The van der Waals surface area contributed by atoms with E-state index < -0.39 is 10.0 Å². The molecule has 0 bridgehead atoms. The fourth-order valence-electron chi connectivity index (χ4n) is 1.59. The normalized spacial score (nSPS) is 13.3. The minimum Gasteiger partial charge on any atom is -0.327 e. The van der Waals surface area contributed by atoms with Gasteiger partial charge in [0.2, 0.25) is 10.0 Å². The molecule has 1 unspecified atom stereocenters. The fourth-order valence-corrected chi connectivity index (χ4v) is 3.08. The highest BCUT2D eigenvalue weighted by Gasteiger charge is 2.21. The van der Waals surface area contributed by atoms with Crippen LogP contribution in [0.5, 0.6) is 0 Å². The SMILES string of the molecule is CC(C)C(N)CCN(C)S(=O)(=O)c1cccc(Cl)c1.Cl. The Balaban J connectivity index is 0.00000361. The lowest BCUT2D eigenvalue weighted by Gasteiger charge is -2.21.